The number of carbonyl (C=O) groups excluding carboxylic acids is 2. The summed E-state index contributed by atoms with van der Waals surface area (Å²) in [5.41, 5.74) is 2.28. The summed E-state index contributed by atoms with van der Waals surface area (Å²) >= 11 is 0. The van der Waals surface area contributed by atoms with Crippen molar-refractivity contribution in [1.82, 2.24) is 10.2 Å². The first-order valence-electron chi connectivity index (χ1n) is 8.92. The molecule has 2 aromatic carbocycles. The third-order valence-electron chi connectivity index (χ3n) is 5.13. The van der Waals surface area contributed by atoms with E-state index in [4.69, 9.17) is 0 Å². The quantitative estimate of drug-likeness (QED) is 0.876. The summed E-state index contributed by atoms with van der Waals surface area (Å²) in [5.74, 6) is 0.0148. The van der Waals surface area contributed by atoms with E-state index in [1.165, 1.54) is 0 Å². The van der Waals surface area contributed by atoms with Crippen molar-refractivity contribution in [2.75, 3.05) is 18.4 Å². The molecule has 2 N–H and O–H groups in total. The molecule has 5 nitrogen and oxygen atoms in total. The maximum Gasteiger partial charge on any atom is 0.256 e. The van der Waals surface area contributed by atoms with Gasteiger partial charge in [0.1, 0.15) is 5.66 Å². The maximum atomic E-state index is 12.9. The van der Waals surface area contributed by atoms with Gasteiger partial charge in [-0.25, -0.2) is 0 Å². The summed E-state index contributed by atoms with van der Waals surface area (Å²) in [5, 5.41) is 6.53. The van der Waals surface area contributed by atoms with E-state index < -0.39 is 11.1 Å². The Balaban J connectivity index is 1.79. The highest BCUT2D eigenvalue weighted by Gasteiger charge is 2.53. The molecular weight excluding hydrogens is 326 g/mol. The van der Waals surface area contributed by atoms with Crippen LogP contribution in [0.15, 0.2) is 48.5 Å². The molecule has 134 valence electrons. The van der Waals surface area contributed by atoms with Crippen molar-refractivity contribution < 1.29 is 9.59 Å². The second kappa shape index (κ2) is 5.68. The fraction of sp³-hybridized carbons (Fsp3) is 0.333. The number of anilines is 1. The number of hydrogen-bond acceptors (Lipinski definition) is 3. The van der Waals surface area contributed by atoms with Crippen LogP contribution in [0.4, 0.5) is 5.69 Å². The number of hydrogen-bond donors (Lipinski definition) is 2. The van der Waals surface area contributed by atoms with Crippen LogP contribution in [0.5, 0.6) is 0 Å². The second-order valence-electron chi connectivity index (χ2n) is 7.92. The lowest BCUT2D eigenvalue weighted by molar-refractivity contribution is -0.123. The van der Waals surface area contributed by atoms with Gasteiger partial charge in [-0.15, -0.1) is 0 Å². The molecule has 26 heavy (non-hydrogen) atoms. The van der Waals surface area contributed by atoms with Crippen LogP contribution in [0.3, 0.4) is 0 Å². The Morgan fingerprint density at radius 1 is 1.15 bits per heavy atom. The van der Waals surface area contributed by atoms with Crippen LogP contribution in [0.2, 0.25) is 0 Å². The van der Waals surface area contributed by atoms with E-state index in [0.717, 1.165) is 28.9 Å². The SMILES string of the molecule is CC(C)(C)C(=O)Nc1cccc(C23NCCN2C(=O)c2ccccc23)c1. The molecule has 0 saturated carbocycles. The zero-order valence-corrected chi connectivity index (χ0v) is 15.3. The summed E-state index contributed by atoms with van der Waals surface area (Å²) in [6.45, 7) is 7.05. The topological polar surface area (TPSA) is 61.4 Å². The van der Waals surface area contributed by atoms with Gasteiger partial charge in [0.05, 0.1) is 0 Å². The van der Waals surface area contributed by atoms with Gasteiger partial charge in [0.15, 0.2) is 0 Å². The Morgan fingerprint density at radius 3 is 2.69 bits per heavy atom. The molecule has 1 saturated heterocycles. The van der Waals surface area contributed by atoms with E-state index in [1.54, 1.807) is 0 Å². The number of rotatable bonds is 2. The number of amides is 2. The Hall–Kier alpha value is -2.66. The van der Waals surface area contributed by atoms with Crippen molar-refractivity contribution in [1.29, 1.82) is 0 Å². The largest absolute Gasteiger partial charge is 0.326 e. The molecule has 0 bridgehead atoms. The lowest BCUT2D eigenvalue weighted by Crippen LogP contribution is -2.46. The van der Waals surface area contributed by atoms with Crippen LogP contribution in [0.25, 0.3) is 0 Å². The van der Waals surface area contributed by atoms with Gasteiger partial charge < -0.3 is 10.2 Å². The van der Waals surface area contributed by atoms with E-state index >= 15 is 0 Å². The maximum absolute atomic E-state index is 12.9. The molecule has 2 aliphatic rings. The average molecular weight is 349 g/mol. The first-order chi connectivity index (χ1) is 12.3. The molecule has 2 amide bonds. The molecule has 1 fully saturated rings. The third-order valence-corrected chi connectivity index (χ3v) is 5.13. The van der Waals surface area contributed by atoms with Crippen molar-refractivity contribution in [2.24, 2.45) is 5.41 Å². The number of nitrogens with zero attached hydrogens (tertiary/aromatic N) is 1. The normalized spacial score (nSPS) is 21.5. The minimum Gasteiger partial charge on any atom is -0.326 e. The zero-order chi connectivity index (χ0) is 18.5. The summed E-state index contributed by atoms with van der Waals surface area (Å²) in [6.07, 6.45) is 0. The Bertz CT molecular complexity index is 900. The Labute approximate surface area is 153 Å². The lowest BCUT2D eigenvalue weighted by Gasteiger charge is -2.34. The molecule has 0 aliphatic carbocycles. The monoisotopic (exact) mass is 349 g/mol. The van der Waals surface area contributed by atoms with Gasteiger partial charge >= 0.3 is 0 Å². The van der Waals surface area contributed by atoms with E-state index in [0.29, 0.717) is 6.54 Å². The number of carbonyl (C=O) groups is 2. The fourth-order valence-electron chi connectivity index (χ4n) is 3.79. The van der Waals surface area contributed by atoms with Crippen molar-refractivity contribution in [3.63, 3.8) is 0 Å². The van der Waals surface area contributed by atoms with E-state index in [1.807, 2.05) is 74.2 Å². The molecule has 2 heterocycles. The van der Waals surface area contributed by atoms with Crippen molar-refractivity contribution in [3.8, 4) is 0 Å². The smallest absolute Gasteiger partial charge is 0.256 e. The molecule has 5 heteroatoms. The van der Waals surface area contributed by atoms with Crippen molar-refractivity contribution in [2.45, 2.75) is 26.4 Å². The molecule has 1 unspecified atom stereocenters. The van der Waals surface area contributed by atoms with E-state index in [2.05, 4.69) is 10.6 Å². The average Bonchev–Trinajstić information content (AvgIpc) is 3.14. The molecule has 0 spiro atoms. The Kier molecular flexibility index (Phi) is 3.66. The fourth-order valence-corrected chi connectivity index (χ4v) is 3.79. The van der Waals surface area contributed by atoms with Gasteiger partial charge in [0, 0.05) is 35.3 Å². The highest BCUT2D eigenvalue weighted by Crippen LogP contribution is 2.44. The van der Waals surface area contributed by atoms with Crippen molar-refractivity contribution in [3.05, 3.63) is 65.2 Å². The van der Waals surface area contributed by atoms with Crippen LogP contribution >= 0.6 is 0 Å². The standard InChI is InChI=1S/C21H23N3O2/c1-20(2,3)19(26)23-15-8-6-7-14(13-15)21-17-10-5-4-9-16(17)18(25)24(21)12-11-22-21/h4-10,13,22H,11-12H2,1-3H3,(H,23,26). The molecule has 4 rings (SSSR count). The predicted molar refractivity (Wildman–Crippen MR) is 101 cm³/mol. The number of benzene rings is 2. The molecule has 2 aromatic rings. The van der Waals surface area contributed by atoms with Crippen LogP contribution in [0.1, 0.15) is 42.3 Å². The van der Waals surface area contributed by atoms with Gasteiger partial charge in [-0.2, -0.15) is 0 Å². The van der Waals surface area contributed by atoms with Crippen LogP contribution in [-0.2, 0) is 10.5 Å². The number of nitrogens with one attached hydrogen (secondary N) is 2. The minimum atomic E-state index is -0.657. The summed E-state index contributed by atoms with van der Waals surface area (Å²) < 4.78 is 0. The number of fused-ring (bicyclic) bond motifs is 3. The summed E-state index contributed by atoms with van der Waals surface area (Å²) in [4.78, 5) is 27.1. The molecule has 0 aromatic heterocycles. The Morgan fingerprint density at radius 2 is 1.92 bits per heavy atom. The van der Waals surface area contributed by atoms with Crippen molar-refractivity contribution >= 4 is 17.5 Å². The summed E-state index contributed by atoms with van der Waals surface area (Å²) in [6, 6.07) is 15.5. The van der Waals surface area contributed by atoms with E-state index in [-0.39, 0.29) is 11.8 Å². The van der Waals surface area contributed by atoms with Gasteiger partial charge in [-0.3, -0.25) is 14.9 Å². The molecule has 0 radical (unpaired) electrons. The minimum absolute atomic E-state index is 0.0358. The van der Waals surface area contributed by atoms with Gasteiger partial charge in [-0.1, -0.05) is 51.1 Å². The highest BCUT2D eigenvalue weighted by molar-refractivity contribution is 6.01. The highest BCUT2D eigenvalue weighted by atomic mass is 16.2. The molecular formula is C21H23N3O2. The molecule has 2 aliphatic heterocycles. The van der Waals surface area contributed by atoms with Gasteiger partial charge in [0.25, 0.3) is 5.91 Å². The van der Waals surface area contributed by atoms with Gasteiger partial charge in [0.2, 0.25) is 5.91 Å². The first kappa shape index (κ1) is 16.8. The van der Waals surface area contributed by atoms with E-state index in [9.17, 15) is 9.59 Å². The second-order valence-corrected chi connectivity index (χ2v) is 7.92. The predicted octanol–water partition coefficient (Wildman–Crippen LogP) is 2.93. The first-order valence-corrected chi connectivity index (χ1v) is 8.92. The third kappa shape index (κ3) is 2.35. The van der Waals surface area contributed by atoms with Crippen LogP contribution < -0.4 is 10.6 Å². The van der Waals surface area contributed by atoms with Gasteiger partial charge in [-0.05, 0) is 23.8 Å². The zero-order valence-electron chi connectivity index (χ0n) is 15.3. The molecule has 1 atom stereocenters. The summed E-state index contributed by atoms with van der Waals surface area (Å²) in [7, 11) is 0. The lowest BCUT2D eigenvalue weighted by atomic mass is 9.91. The van der Waals surface area contributed by atoms with Crippen LogP contribution in [0, 0.1) is 5.41 Å². The van der Waals surface area contributed by atoms with Crippen LogP contribution in [-0.4, -0.2) is 29.8 Å².